The number of likely N-dealkylation sites (N-methyl/N-ethyl adjacent to an activating group) is 3. The third-order valence-electron chi connectivity index (χ3n) is 4.20. The molecule has 0 bridgehead atoms. The average Bonchev–Trinajstić information content (AvgIpc) is 2.52. The zero-order valence-electron chi connectivity index (χ0n) is 12.6. The normalized spacial score (nSPS) is 28.2. The van der Waals surface area contributed by atoms with Crippen molar-refractivity contribution >= 4 is 0 Å². The first-order chi connectivity index (χ1) is 7.88. The van der Waals surface area contributed by atoms with Crippen molar-refractivity contribution in [2.45, 2.75) is 45.7 Å². The Kier molecular flexibility index (Phi) is 5.42. The lowest BCUT2D eigenvalue weighted by Gasteiger charge is -2.36. The zero-order chi connectivity index (χ0) is 13.1. The highest BCUT2D eigenvalue weighted by molar-refractivity contribution is 5.00. The molecule has 0 aromatic heterocycles. The number of nitrogens with one attached hydrogen (secondary N) is 1. The van der Waals surface area contributed by atoms with Crippen molar-refractivity contribution in [3.8, 4) is 0 Å². The topological polar surface area (TPSA) is 18.5 Å². The van der Waals surface area contributed by atoms with Crippen molar-refractivity contribution in [3.05, 3.63) is 0 Å². The van der Waals surface area contributed by atoms with Gasteiger partial charge in [-0.1, -0.05) is 20.8 Å². The summed E-state index contributed by atoms with van der Waals surface area (Å²) in [4.78, 5) is 4.81. The van der Waals surface area contributed by atoms with Gasteiger partial charge in [0, 0.05) is 25.2 Å². The van der Waals surface area contributed by atoms with Crippen LogP contribution in [0.1, 0.15) is 33.6 Å². The Morgan fingerprint density at radius 1 is 1.18 bits per heavy atom. The minimum atomic E-state index is 0.438. The molecule has 0 aromatic carbocycles. The van der Waals surface area contributed by atoms with Crippen LogP contribution in [-0.2, 0) is 0 Å². The Balaban J connectivity index is 2.56. The molecule has 0 spiro atoms. The van der Waals surface area contributed by atoms with E-state index in [9.17, 15) is 0 Å². The molecule has 1 fully saturated rings. The summed E-state index contributed by atoms with van der Waals surface area (Å²) in [6, 6.07) is 1.34. The number of rotatable bonds is 6. The molecule has 0 heterocycles. The summed E-state index contributed by atoms with van der Waals surface area (Å²) in [5, 5.41) is 3.70. The standard InChI is InChI=1S/C14H31N3/c1-7-15-13-12(8-9-14(13,2)3)17(6)11-10-16(4)5/h12-13,15H,7-11H2,1-6H3. The first-order valence-electron chi connectivity index (χ1n) is 6.97. The molecule has 1 aliphatic rings. The summed E-state index contributed by atoms with van der Waals surface area (Å²) in [5.41, 5.74) is 0.438. The summed E-state index contributed by atoms with van der Waals surface area (Å²) in [6.07, 6.45) is 2.66. The quantitative estimate of drug-likeness (QED) is 0.763. The van der Waals surface area contributed by atoms with Gasteiger partial charge in [0.05, 0.1) is 0 Å². The van der Waals surface area contributed by atoms with Gasteiger partial charge in [0.25, 0.3) is 0 Å². The van der Waals surface area contributed by atoms with Gasteiger partial charge in [-0.15, -0.1) is 0 Å². The Morgan fingerprint density at radius 3 is 2.35 bits per heavy atom. The Bertz CT molecular complexity index is 226. The molecule has 0 aliphatic heterocycles. The van der Waals surface area contributed by atoms with Crippen LogP contribution in [0.5, 0.6) is 0 Å². The fraction of sp³-hybridized carbons (Fsp3) is 1.00. The summed E-state index contributed by atoms with van der Waals surface area (Å²) in [6.45, 7) is 10.4. The highest BCUT2D eigenvalue weighted by Gasteiger charge is 2.42. The van der Waals surface area contributed by atoms with E-state index < -0.39 is 0 Å². The van der Waals surface area contributed by atoms with E-state index in [4.69, 9.17) is 0 Å². The second-order valence-electron chi connectivity index (χ2n) is 6.41. The minimum Gasteiger partial charge on any atom is -0.312 e. The van der Waals surface area contributed by atoms with Crippen molar-refractivity contribution < 1.29 is 0 Å². The summed E-state index contributed by atoms with van der Waals surface area (Å²) in [5.74, 6) is 0. The first kappa shape index (κ1) is 14.9. The van der Waals surface area contributed by atoms with Crippen molar-refractivity contribution in [1.82, 2.24) is 15.1 Å². The molecule has 3 heteroatoms. The SMILES string of the molecule is CCNC1C(N(C)CCN(C)C)CCC1(C)C. The summed E-state index contributed by atoms with van der Waals surface area (Å²) >= 11 is 0. The van der Waals surface area contributed by atoms with Crippen molar-refractivity contribution in [2.24, 2.45) is 5.41 Å². The van der Waals surface area contributed by atoms with Crippen LogP contribution >= 0.6 is 0 Å². The molecular weight excluding hydrogens is 210 g/mol. The van der Waals surface area contributed by atoms with Gasteiger partial charge in [0.1, 0.15) is 0 Å². The maximum atomic E-state index is 3.70. The third kappa shape index (κ3) is 3.94. The highest BCUT2D eigenvalue weighted by atomic mass is 15.2. The molecule has 1 N–H and O–H groups in total. The van der Waals surface area contributed by atoms with Gasteiger partial charge in [0.15, 0.2) is 0 Å². The van der Waals surface area contributed by atoms with Gasteiger partial charge in [0.2, 0.25) is 0 Å². The Morgan fingerprint density at radius 2 is 1.82 bits per heavy atom. The van der Waals surface area contributed by atoms with Crippen LogP contribution in [0.4, 0.5) is 0 Å². The predicted octanol–water partition coefficient (Wildman–Crippen LogP) is 1.65. The molecule has 1 aliphatic carbocycles. The van der Waals surface area contributed by atoms with Crippen LogP contribution in [0.15, 0.2) is 0 Å². The van der Waals surface area contributed by atoms with E-state index >= 15 is 0 Å². The fourth-order valence-corrected chi connectivity index (χ4v) is 2.99. The molecule has 2 unspecified atom stereocenters. The summed E-state index contributed by atoms with van der Waals surface area (Å²) < 4.78 is 0. The fourth-order valence-electron chi connectivity index (χ4n) is 2.99. The number of hydrogen-bond donors (Lipinski definition) is 1. The van der Waals surface area contributed by atoms with Gasteiger partial charge in [-0.2, -0.15) is 0 Å². The molecule has 3 nitrogen and oxygen atoms in total. The minimum absolute atomic E-state index is 0.438. The van der Waals surface area contributed by atoms with Gasteiger partial charge in [-0.05, 0) is 45.9 Å². The van der Waals surface area contributed by atoms with E-state index in [1.165, 1.54) is 12.8 Å². The van der Waals surface area contributed by atoms with Crippen molar-refractivity contribution in [2.75, 3.05) is 40.8 Å². The van der Waals surface area contributed by atoms with Crippen LogP contribution in [-0.4, -0.2) is 62.7 Å². The Hall–Kier alpha value is -0.120. The monoisotopic (exact) mass is 241 g/mol. The zero-order valence-corrected chi connectivity index (χ0v) is 12.6. The van der Waals surface area contributed by atoms with E-state index in [0.717, 1.165) is 19.6 Å². The van der Waals surface area contributed by atoms with Crippen LogP contribution < -0.4 is 5.32 Å². The van der Waals surface area contributed by atoms with Crippen LogP contribution in [0.3, 0.4) is 0 Å². The molecule has 0 radical (unpaired) electrons. The van der Waals surface area contributed by atoms with Crippen LogP contribution in [0.2, 0.25) is 0 Å². The molecule has 1 rings (SSSR count). The van der Waals surface area contributed by atoms with Crippen LogP contribution in [0.25, 0.3) is 0 Å². The van der Waals surface area contributed by atoms with Gasteiger partial charge in [-0.25, -0.2) is 0 Å². The maximum Gasteiger partial charge on any atom is 0.0274 e. The lowest BCUT2D eigenvalue weighted by molar-refractivity contribution is 0.162. The van der Waals surface area contributed by atoms with E-state index in [-0.39, 0.29) is 0 Å². The van der Waals surface area contributed by atoms with E-state index in [0.29, 0.717) is 17.5 Å². The van der Waals surface area contributed by atoms with Crippen molar-refractivity contribution in [1.29, 1.82) is 0 Å². The molecule has 17 heavy (non-hydrogen) atoms. The van der Waals surface area contributed by atoms with Gasteiger partial charge >= 0.3 is 0 Å². The second kappa shape index (κ2) is 6.17. The largest absolute Gasteiger partial charge is 0.312 e. The lowest BCUT2D eigenvalue weighted by atomic mass is 9.86. The second-order valence-corrected chi connectivity index (χ2v) is 6.41. The molecule has 102 valence electrons. The summed E-state index contributed by atoms with van der Waals surface area (Å²) in [7, 11) is 6.57. The van der Waals surface area contributed by atoms with Gasteiger partial charge < -0.3 is 15.1 Å². The number of nitrogens with zero attached hydrogens (tertiary/aromatic N) is 2. The molecule has 2 atom stereocenters. The average molecular weight is 241 g/mol. The molecule has 0 amide bonds. The predicted molar refractivity (Wildman–Crippen MR) is 75.5 cm³/mol. The third-order valence-corrected chi connectivity index (χ3v) is 4.20. The van der Waals surface area contributed by atoms with E-state index in [2.05, 4.69) is 57.0 Å². The van der Waals surface area contributed by atoms with E-state index in [1.807, 2.05) is 0 Å². The maximum absolute atomic E-state index is 3.70. The molecule has 1 saturated carbocycles. The molecule has 0 saturated heterocycles. The van der Waals surface area contributed by atoms with Crippen molar-refractivity contribution in [3.63, 3.8) is 0 Å². The van der Waals surface area contributed by atoms with Crippen LogP contribution in [0, 0.1) is 5.41 Å². The smallest absolute Gasteiger partial charge is 0.0274 e. The lowest BCUT2D eigenvalue weighted by Crippen LogP contribution is -2.51. The molecule has 0 aromatic rings. The van der Waals surface area contributed by atoms with Gasteiger partial charge in [-0.3, -0.25) is 0 Å². The highest BCUT2D eigenvalue weighted by Crippen LogP contribution is 2.39. The Labute approximate surface area is 108 Å². The first-order valence-corrected chi connectivity index (χ1v) is 6.97. The number of hydrogen-bond acceptors (Lipinski definition) is 3. The molecular formula is C14H31N3. The van der Waals surface area contributed by atoms with E-state index in [1.54, 1.807) is 0 Å².